The van der Waals surface area contributed by atoms with Crippen molar-refractivity contribution in [1.82, 2.24) is 0 Å². The summed E-state index contributed by atoms with van der Waals surface area (Å²) < 4.78 is 18.2. The Bertz CT molecular complexity index is 2500. The molecule has 0 bridgehead atoms. The number of nitro groups is 1. The highest BCUT2D eigenvalue weighted by Crippen LogP contribution is 2.57. The normalized spacial score (nSPS) is 21.2. The molecule has 11 nitrogen and oxygen atoms in total. The van der Waals surface area contributed by atoms with E-state index in [4.69, 9.17) is 30.8 Å². The molecule has 0 fully saturated rings. The molecule has 5 aromatic carbocycles. The number of nitro benzene ring substituents is 1. The maximum absolute atomic E-state index is 11.3. The minimum Gasteiger partial charge on any atom is -0.468 e. The number of aliphatic hydroxyl groups is 1. The standard InChI is InChI=1S/C23H24N2O6.C22H19ClN2O/c1-22(2)19-6-3-4-7-20(19)24(10-5-11-30-15-27)23(22)9-8-16-12-18(25(28)29)13-17(14-26)21(16)31-23;1-21(2)17-12-15(23)9-10-18(17)25(3)22(21)13-24-20-16-7-5-4-6-14(16)8-11-19(20)26-22/h3-4,6-9,12-13,15,26H,5,10-11,14H2,1-2H3;4-13H,1-3H3. The van der Waals surface area contributed by atoms with Crippen molar-refractivity contribution in [1.29, 1.82) is 0 Å². The van der Waals surface area contributed by atoms with E-state index in [2.05, 4.69) is 74.9 Å². The quantitative estimate of drug-likeness (QED) is 0.0744. The van der Waals surface area contributed by atoms with Gasteiger partial charge in [0.1, 0.15) is 17.2 Å². The first-order chi connectivity index (χ1) is 27.3. The number of non-ortho nitro benzene ring substituents is 1. The molecule has 0 aromatic heterocycles. The highest BCUT2D eigenvalue weighted by Gasteiger charge is 2.60. The first kappa shape index (κ1) is 38.0. The zero-order valence-corrected chi connectivity index (χ0v) is 33.1. The maximum atomic E-state index is 11.3. The summed E-state index contributed by atoms with van der Waals surface area (Å²) in [5, 5.41) is 24.2. The lowest BCUT2D eigenvalue weighted by Crippen LogP contribution is -2.61. The first-order valence-electron chi connectivity index (χ1n) is 18.8. The van der Waals surface area contributed by atoms with Gasteiger partial charge in [0.2, 0.25) is 11.4 Å². The molecule has 2 atom stereocenters. The first-order valence-corrected chi connectivity index (χ1v) is 19.2. The summed E-state index contributed by atoms with van der Waals surface area (Å²) in [5.74, 6) is 1.25. The Morgan fingerprint density at radius 3 is 2.44 bits per heavy atom. The lowest BCUT2D eigenvalue weighted by Gasteiger charge is -2.47. The number of halogens is 1. The summed E-state index contributed by atoms with van der Waals surface area (Å²) in [6, 6.07) is 29.2. The molecule has 0 radical (unpaired) electrons. The number of benzene rings is 5. The molecule has 1 N–H and O–H groups in total. The van der Waals surface area contributed by atoms with Crippen molar-refractivity contribution in [2.75, 3.05) is 30.0 Å². The second-order valence-corrected chi connectivity index (χ2v) is 16.2. The lowest BCUT2D eigenvalue weighted by atomic mass is 9.76. The van der Waals surface area contributed by atoms with Crippen LogP contribution in [0.4, 0.5) is 22.7 Å². The molecule has 12 heteroatoms. The highest BCUT2D eigenvalue weighted by molar-refractivity contribution is 6.30. The van der Waals surface area contributed by atoms with E-state index in [0.29, 0.717) is 36.3 Å². The third kappa shape index (κ3) is 5.74. The number of nitrogens with zero attached hydrogens (tertiary/aromatic N) is 4. The Morgan fingerprint density at radius 1 is 0.912 bits per heavy atom. The number of aliphatic hydroxyl groups excluding tert-OH is 1. The van der Waals surface area contributed by atoms with Gasteiger partial charge < -0.3 is 29.1 Å². The Labute approximate surface area is 335 Å². The van der Waals surface area contributed by atoms with E-state index in [1.165, 1.54) is 17.7 Å². The van der Waals surface area contributed by atoms with Gasteiger partial charge >= 0.3 is 0 Å². The van der Waals surface area contributed by atoms with Gasteiger partial charge in [0.05, 0.1) is 35.2 Å². The van der Waals surface area contributed by atoms with Gasteiger partial charge in [-0.3, -0.25) is 19.9 Å². The molecule has 2 spiro atoms. The number of hydrogen-bond acceptors (Lipinski definition) is 10. The number of carbonyl (C=O) groups is 1. The number of rotatable bonds is 7. The molecule has 2 unspecified atom stereocenters. The molecule has 4 heterocycles. The van der Waals surface area contributed by atoms with Crippen LogP contribution in [0, 0.1) is 10.1 Å². The molecule has 5 aromatic rings. The van der Waals surface area contributed by atoms with Gasteiger partial charge in [-0.2, -0.15) is 0 Å². The zero-order valence-electron chi connectivity index (χ0n) is 32.4. The molecular weight excluding hydrogens is 744 g/mol. The van der Waals surface area contributed by atoms with E-state index in [1.807, 2.05) is 66.9 Å². The number of para-hydroxylation sites is 1. The van der Waals surface area contributed by atoms with E-state index in [1.54, 1.807) is 0 Å². The monoisotopic (exact) mass is 786 g/mol. The van der Waals surface area contributed by atoms with Crippen molar-refractivity contribution in [2.45, 2.75) is 63.0 Å². The zero-order chi connectivity index (χ0) is 40.3. The van der Waals surface area contributed by atoms with Gasteiger partial charge in [-0.25, -0.2) is 0 Å². The Balaban J connectivity index is 0.000000162. The van der Waals surface area contributed by atoms with Gasteiger partial charge in [0.15, 0.2) is 0 Å². The van der Waals surface area contributed by atoms with Crippen LogP contribution in [-0.4, -0.2) is 54.4 Å². The van der Waals surface area contributed by atoms with E-state index in [0.717, 1.165) is 44.2 Å². The Hall–Kier alpha value is -5.91. The lowest BCUT2D eigenvalue weighted by molar-refractivity contribution is -0.385. The second kappa shape index (κ2) is 13.9. The number of hydrogen-bond donors (Lipinski definition) is 1. The topological polar surface area (TPSA) is 127 Å². The van der Waals surface area contributed by atoms with Crippen LogP contribution in [0.25, 0.3) is 16.8 Å². The van der Waals surface area contributed by atoms with Crippen LogP contribution in [0.1, 0.15) is 56.4 Å². The minimum absolute atomic E-state index is 0.0937. The average molecular weight is 787 g/mol. The van der Waals surface area contributed by atoms with Crippen molar-refractivity contribution >= 4 is 63.9 Å². The fourth-order valence-electron chi connectivity index (χ4n) is 8.96. The predicted octanol–water partition coefficient (Wildman–Crippen LogP) is 9.26. The van der Waals surface area contributed by atoms with Crippen molar-refractivity contribution < 1.29 is 29.0 Å². The van der Waals surface area contributed by atoms with E-state index in [-0.39, 0.29) is 24.3 Å². The van der Waals surface area contributed by atoms with Crippen molar-refractivity contribution in [3.63, 3.8) is 0 Å². The second-order valence-electron chi connectivity index (χ2n) is 15.7. The molecule has 9 rings (SSSR count). The van der Waals surface area contributed by atoms with Gasteiger partial charge in [0, 0.05) is 58.6 Å². The molecule has 292 valence electrons. The number of fused-ring (bicyclic) bond motifs is 6. The van der Waals surface area contributed by atoms with Crippen LogP contribution in [0.15, 0.2) is 102 Å². The third-order valence-electron chi connectivity index (χ3n) is 12.1. The fraction of sp³-hybridized carbons (Fsp3) is 0.289. The number of carbonyl (C=O) groups excluding carboxylic acids is 1. The number of ether oxygens (including phenoxy) is 3. The van der Waals surface area contributed by atoms with Gasteiger partial charge in [-0.15, -0.1) is 0 Å². The third-order valence-corrected chi connectivity index (χ3v) is 12.3. The van der Waals surface area contributed by atoms with E-state index < -0.39 is 21.8 Å². The van der Waals surface area contributed by atoms with Crippen LogP contribution in [0.3, 0.4) is 0 Å². The highest BCUT2D eigenvalue weighted by atomic mass is 35.5. The summed E-state index contributed by atoms with van der Waals surface area (Å²) >= 11 is 6.28. The molecule has 4 aliphatic rings. The molecule has 0 saturated heterocycles. The number of aliphatic imine (C=N–C) groups is 1. The Kier molecular flexibility index (Phi) is 9.28. The van der Waals surface area contributed by atoms with Crippen LogP contribution < -0.4 is 19.3 Å². The molecule has 0 amide bonds. The summed E-state index contributed by atoms with van der Waals surface area (Å²) in [5.41, 5.74) is 3.75. The smallest absolute Gasteiger partial charge is 0.293 e. The van der Waals surface area contributed by atoms with Gasteiger partial charge in [0.25, 0.3) is 12.2 Å². The summed E-state index contributed by atoms with van der Waals surface area (Å²) in [6.45, 7) is 9.45. The van der Waals surface area contributed by atoms with Crippen molar-refractivity contribution in [3.05, 3.63) is 134 Å². The number of anilines is 2. The molecule has 0 saturated carbocycles. The van der Waals surface area contributed by atoms with Gasteiger partial charge in [-0.1, -0.05) is 60.1 Å². The summed E-state index contributed by atoms with van der Waals surface area (Å²) in [6.07, 6.45) is 6.31. The fourth-order valence-corrected chi connectivity index (χ4v) is 9.13. The van der Waals surface area contributed by atoms with Crippen molar-refractivity contribution in [3.8, 4) is 11.5 Å². The van der Waals surface area contributed by atoms with Crippen LogP contribution in [-0.2, 0) is 27.0 Å². The van der Waals surface area contributed by atoms with Crippen LogP contribution in [0.5, 0.6) is 11.5 Å². The molecular formula is C45H43ClN4O7. The Morgan fingerprint density at radius 2 is 1.67 bits per heavy atom. The number of likely N-dealkylation sites (N-methyl/N-ethyl adjacent to an activating group) is 1. The average Bonchev–Trinajstić information content (AvgIpc) is 3.48. The largest absolute Gasteiger partial charge is 0.468 e. The van der Waals surface area contributed by atoms with E-state index >= 15 is 0 Å². The summed E-state index contributed by atoms with van der Waals surface area (Å²) in [4.78, 5) is 30.5. The predicted molar refractivity (Wildman–Crippen MR) is 223 cm³/mol. The SMILES string of the molecule is CC1(C)c2ccccc2N(CCCOC=O)C12C=Cc1cc([N+](=O)[O-])cc(CO)c1O2.CN1c2ccc(Cl)cc2C(C)(C)C12C=Nc1c(ccc3ccccc13)O2. The van der Waals surface area contributed by atoms with Crippen LogP contribution in [0.2, 0.25) is 5.02 Å². The molecule has 4 aliphatic heterocycles. The summed E-state index contributed by atoms with van der Waals surface area (Å²) in [7, 11) is 2.06. The van der Waals surface area contributed by atoms with E-state index in [9.17, 15) is 20.0 Å². The maximum Gasteiger partial charge on any atom is 0.293 e. The minimum atomic E-state index is -0.912. The van der Waals surface area contributed by atoms with Crippen molar-refractivity contribution in [2.24, 2.45) is 4.99 Å². The molecule has 57 heavy (non-hydrogen) atoms. The van der Waals surface area contributed by atoms with Crippen LogP contribution >= 0.6 is 11.6 Å². The van der Waals surface area contributed by atoms with Gasteiger partial charge in [-0.05, 0) is 93.1 Å². The molecule has 0 aliphatic carbocycles.